The van der Waals surface area contributed by atoms with Crippen molar-refractivity contribution in [3.63, 3.8) is 0 Å². The van der Waals surface area contributed by atoms with Crippen LogP contribution in [0.3, 0.4) is 0 Å². The number of rotatable bonds is 5. The number of nitrogens with zero attached hydrogens (tertiary/aromatic N) is 3. The van der Waals surface area contributed by atoms with Gasteiger partial charge in [0.05, 0.1) is 11.2 Å². The number of hydrogen-bond donors (Lipinski definition) is 1. The van der Waals surface area contributed by atoms with Crippen LogP contribution in [0, 0.1) is 12.8 Å². The molecule has 1 fully saturated rings. The van der Waals surface area contributed by atoms with E-state index in [1.807, 2.05) is 0 Å². The summed E-state index contributed by atoms with van der Waals surface area (Å²) >= 11 is 1.70. The van der Waals surface area contributed by atoms with Crippen LogP contribution >= 0.6 is 11.3 Å². The van der Waals surface area contributed by atoms with Crippen LogP contribution in [-0.4, -0.2) is 35.0 Å². The first-order valence-electron chi connectivity index (χ1n) is 11.4. The minimum Gasteiger partial charge on any atom is -0.353 e. The van der Waals surface area contributed by atoms with Crippen LogP contribution in [-0.2, 0) is 24.1 Å². The molecule has 1 N–H and O–H groups in total. The highest BCUT2D eigenvalue weighted by Crippen LogP contribution is 2.30. The number of anilines is 1. The van der Waals surface area contributed by atoms with Gasteiger partial charge in [-0.15, -0.1) is 0 Å². The molecule has 1 aromatic carbocycles. The normalized spacial score (nSPS) is 17.7. The number of hydrogen-bond acceptors (Lipinski definition) is 5. The monoisotopic (exact) mass is 434 g/mol. The van der Waals surface area contributed by atoms with Crippen LogP contribution in [0.4, 0.5) is 5.95 Å². The fourth-order valence-electron chi connectivity index (χ4n) is 4.99. The molecule has 1 atom stereocenters. The van der Waals surface area contributed by atoms with E-state index < -0.39 is 0 Å². The van der Waals surface area contributed by atoms with Gasteiger partial charge in [0.25, 0.3) is 0 Å². The van der Waals surface area contributed by atoms with Crippen LogP contribution in [0.1, 0.15) is 48.6 Å². The van der Waals surface area contributed by atoms with Crippen molar-refractivity contribution in [1.82, 2.24) is 15.3 Å². The van der Waals surface area contributed by atoms with Gasteiger partial charge in [0.2, 0.25) is 11.9 Å². The third-order valence-electron chi connectivity index (χ3n) is 6.75. The molecule has 6 heteroatoms. The van der Waals surface area contributed by atoms with Crippen LogP contribution in [0.5, 0.6) is 0 Å². The lowest BCUT2D eigenvalue weighted by molar-refractivity contribution is -0.126. The molecule has 0 bridgehead atoms. The lowest BCUT2D eigenvalue weighted by atomic mass is 9.95. The summed E-state index contributed by atoms with van der Waals surface area (Å²) in [5.41, 5.74) is 6.32. The molecule has 0 spiro atoms. The number of fused-ring (bicyclic) bond motifs is 2. The number of carbonyl (C=O) groups is 1. The number of aryl methyl sites for hydroxylation is 3. The molecule has 1 saturated heterocycles. The molecular formula is C25H30N4OS. The molecule has 2 aromatic heterocycles. The van der Waals surface area contributed by atoms with Crippen molar-refractivity contribution in [3.8, 4) is 0 Å². The van der Waals surface area contributed by atoms with Crippen molar-refractivity contribution in [2.24, 2.45) is 5.92 Å². The Morgan fingerprint density at radius 2 is 2.00 bits per heavy atom. The summed E-state index contributed by atoms with van der Waals surface area (Å²) in [7, 11) is 0. The molecule has 1 aliphatic carbocycles. The first kappa shape index (κ1) is 20.4. The zero-order valence-corrected chi connectivity index (χ0v) is 19.2. The second kappa shape index (κ2) is 8.58. The second-order valence-corrected chi connectivity index (χ2v) is 9.89. The minimum atomic E-state index is 0.0750. The van der Waals surface area contributed by atoms with Crippen molar-refractivity contribution >= 4 is 34.1 Å². The van der Waals surface area contributed by atoms with E-state index in [-0.39, 0.29) is 17.9 Å². The maximum absolute atomic E-state index is 12.8. The molecule has 0 saturated carbocycles. The van der Waals surface area contributed by atoms with Gasteiger partial charge in [-0.05, 0) is 98.0 Å². The fourth-order valence-corrected chi connectivity index (χ4v) is 5.68. The molecule has 5 rings (SSSR count). The topological polar surface area (TPSA) is 58.1 Å². The average Bonchev–Trinajstić information content (AvgIpc) is 3.44. The molecular weight excluding hydrogens is 404 g/mol. The Labute approximate surface area is 187 Å². The largest absolute Gasteiger partial charge is 0.353 e. The molecule has 3 heterocycles. The van der Waals surface area contributed by atoms with E-state index in [1.54, 1.807) is 11.3 Å². The van der Waals surface area contributed by atoms with Gasteiger partial charge in [-0.2, -0.15) is 11.3 Å². The van der Waals surface area contributed by atoms with E-state index in [1.165, 1.54) is 34.9 Å². The van der Waals surface area contributed by atoms with Crippen molar-refractivity contribution in [2.75, 3.05) is 18.0 Å². The SMILES string of the molecule is Cc1nc(N2CCC(C(=O)NC(C)Cc3ccsc3)CC2)nc2cc3c(cc12)CCC3. The molecule has 162 valence electrons. The second-order valence-electron chi connectivity index (χ2n) is 9.11. The molecule has 1 unspecified atom stereocenters. The minimum absolute atomic E-state index is 0.0750. The predicted molar refractivity (Wildman–Crippen MR) is 127 cm³/mol. The summed E-state index contributed by atoms with van der Waals surface area (Å²) in [4.78, 5) is 24.7. The van der Waals surface area contributed by atoms with E-state index in [4.69, 9.17) is 9.97 Å². The number of piperidine rings is 1. The number of aromatic nitrogens is 2. The maximum Gasteiger partial charge on any atom is 0.226 e. The van der Waals surface area contributed by atoms with Gasteiger partial charge < -0.3 is 10.2 Å². The molecule has 5 nitrogen and oxygen atoms in total. The predicted octanol–water partition coefficient (Wildman–Crippen LogP) is 4.45. The average molecular weight is 435 g/mol. The molecule has 3 aromatic rings. The Morgan fingerprint density at radius 1 is 1.23 bits per heavy atom. The molecule has 0 radical (unpaired) electrons. The van der Waals surface area contributed by atoms with Crippen molar-refractivity contribution in [1.29, 1.82) is 0 Å². The van der Waals surface area contributed by atoms with Crippen LogP contribution in [0.25, 0.3) is 10.9 Å². The van der Waals surface area contributed by atoms with E-state index >= 15 is 0 Å². The number of thiophene rings is 1. The van der Waals surface area contributed by atoms with Gasteiger partial charge in [0, 0.05) is 30.4 Å². The Balaban J connectivity index is 1.22. The van der Waals surface area contributed by atoms with Crippen molar-refractivity contribution in [3.05, 3.63) is 51.3 Å². The lowest BCUT2D eigenvalue weighted by Crippen LogP contribution is -2.44. The van der Waals surface area contributed by atoms with Crippen LogP contribution < -0.4 is 10.2 Å². The zero-order chi connectivity index (χ0) is 21.4. The Bertz CT molecular complexity index is 1090. The lowest BCUT2D eigenvalue weighted by Gasteiger charge is -2.32. The van der Waals surface area contributed by atoms with Crippen molar-refractivity contribution < 1.29 is 4.79 Å². The van der Waals surface area contributed by atoms with Gasteiger partial charge in [-0.3, -0.25) is 4.79 Å². The highest BCUT2D eigenvalue weighted by molar-refractivity contribution is 7.07. The quantitative estimate of drug-likeness (QED) is 0.644. The smallest absolute Gasteiger partial charge is 0.226 e. The summed E-state index contributed by atoms with van der Waals surface area (Å²) in [6.07, 6.45) is 6.17. The van der Waals surface area contributed by atoms with E-state index in [0.717, 1.165) is 55.9 Å². The van der Waals surface area contributed by atoms with Gasteiger partial charge >= 0.3 is 0 Å². The number of nitrogens with one attached hydrogen (secondary N) is 1. The van der Waals surface area contributed by atoms with Gasteiger partial charge in [-0.25, -0.2) is 9.97 Å². The Hall–Kier alpha value is -2.47. The standard InChI is InChI=1S/C25H30N4OS/c1-16(12-18-8-11-31-15-18)26-24(30)19-6-9-29(10-7-19)25-27-17(2)22-13-20-4-3-5-21(20)14-23(22)28-25/h8,11,13-16,19H,3-7,9-10,12H2,1-2H3,(H,26,30). The van der Waals surface area contributed by atoms with Gasteiger partial charge in [0.15, 0.2) is 0 Å². The first-order chi connectivity index (χ1) is 15.1. The van der Waals surface area contributed by atoms with E-state index in [0.29, 0.717) is 0 Å². The summed E-state index contributed by atoms with van der Waals surface area (Å²) in [6.45, 7) is 5.83. The van der Waals surface area contributed by atoms with Gasteiger partial charge in [0.1, 0.15) is 0 Å². The maximum atomic E-state index is 12.8. The number of amides is 1. The third kappa shape index (κ3) is 4.31. The molecule has 31 heavy (non-hydrogen) atoms. The molecule has 2 aliphatic rings. The fraction of sp³-hybridized carbons (Fsp3) is 0.480. The van der Waals surface area contributed by atoms with E-state index in [9.17, 15) is 4.79 Å². The highest BCUT2D eigenvalue weighted by atomic mass is 32.1. The number of carbonyl (C=O) groups excluding carboxylic acids is 1. The summed E-state index contributed by atoms with van der Waals surface area (Å²) in [6, 6.07) is 6.86. The molecule has 1 aliphatic heterocycles. The summed E-state index contributed by atoms with van der Waals surface area (Å²) < 4.78 is 0. The van der Waals surface area contributed by atoms with Crippen LogP contribution in [0.2, 0.25) is 0 Å². The molecule has 1 amide bonds. The van der Waals surface area contributed by atoms with Crippen molar-refractivity contribution in [2.45, 2.75) is 58.4 Å². The number of benzene rings is 1. The zero-order valence-electron chi connectivity index (χ0n) is 18.4. The Kier molecular flexibility index (Phi) is 5.65. The summed E-state index contributed by atoms with van der Waals surface area (Å²) in [5, 5.41) is 8.64. The van der Waals surface area contributed by atoms with Gasteiger partial charge in [-0.1, -0.05) is 0 Å². The highest BCUT2D eigenvalue weighted by Gasteiger charge is 2.27. The van der Waals surface area contributed by atoms with E-state index in [2.05, 4.69) is 53.0 Å². The Morgan fingerprint density at radius 3 is 2.74 bits per heavy atom. The summed E-state index contributed by atoms with van der Waals surface area (Å²) in [5.74, 6) is 1.08. The first-order valence-corrected chi connectivity index (χ1v) is 12.4. The third-order valence-corrected chi connectivity index (χ3v) is 7.48. The van der Waals surface area contributed by atoms with Crippen LogP contribution in [0.15, 0.2) is 29.0 Å².